The molecule has 20 heavy (non-hydrogen) atoms. The Morgan fingerprint density at radius 3 is 2.65 bits per heavy atom. The van der Waals surface area contributed by atoms with E-state index in [-0.39, 0.29) is 5.82 Å². The average Bonchev–Trinajstić information content (AvgIpc) is 2.49. The number of aromatic nitrogens is 1. The summed E-state index contributed by atoms with van der Waals surface area (Å²) >= 11 is 0. The average molecular weight is 268 g/mol. The zero-order valence-electron chi connectivity index (χ0n) is 10.7. The van der Waals surface area contributed by atoms with Crippen LogP contribution in [0.2, 0.25) is 0 Å². The van der Waals surface area contributed by atoms with Crippen molar-refractivity contribution in [2.45, 2.75) is 6.61 Å². The Morgan fingerprint density at radius 2 is 1.85 bits per heavy atom. The minimum Gasteiger partial charge on any atom is -0.487 e. The van der Waals surface area contributed by atoms with E-state index in [9.17, 15) is 4.39 Å². The summed E-state index contributed by atoms with van der Waals surface area (Å²) in [5.74, 6) is 0.410. The number of rotatable bonds is 3. The fraction of sp³-hybridized carbons (Fsp3) is 0.0625. The molecule has 0 saturated heterocycles. The lowest BCUT2D eigenvalue weighted by Crippen LogP contribution is -1.98. The van der Waals surface area contributed by atoms with Gasteiger partial charge in [0.05, 0.1) is 0 Å². The molecule has 0 fully saturated rings. The quantitative estimate of drug-likeness (QED) is 0.739. The number of nitrogen functional groups attached to an aromatic ring is 1. The van der Waals surface area contributed by atoms with Crippen molar-refractivity contribution in [3.8, 4) is 5.75 Å². The van der Waals surface area contributed by atoms with Crippen molar-refractivity contribution in [2.24, 2.45) is 0 Å². The Bertz CT molecular complexity index is 741. The first-order valence-electron chi connectivity index (χ1n) is 6.24. The number of benzene rings is 2. The molecule has 2 N–H and O–H groups in total. The number of anilines is 1. The van der Waals surface area contributed by atoms with Crippen molar-refractivity contribution in [3.63, 3.8) is 0 Å². The van der Waals surface area contributed by atoms with E-state index in [1.54, 1.807) is 30.5 Å². The zero-order chi connectivity index (χ0) is 13.9. The molecule has 3 nitrogen and oxygen atoms in total. The summed E-state index contributed by atoms with van der Waals surface area (Å²) in [6.45, 7) is 0.357. The largest absolute Gasteiger partial charge is 0.487 e. The maximum Gasteiger partial charge on any atom is 0.146 e. The molecule has 3 rings (SSSR count). The number of hydrogen-bond acceptors (Lipinski definition) is 3. The molecule has 100 valence electrons. The molecule has 0 unspecified atom stereocenters. The number of nitrogens with zero attached hydrogens (tertiary/aromatic N) is 1. The van der Waals surface area contributed by atoms with E-state index in [1.807, 2.05) is 12.1 Å². The van der Waals surface area contributed by atoms with Gasteiger partial charge in [0, 0.05) is 17.3 Å². The summed E-state index contributed by atoms with van der Waals surface area (Å²) < 4.78 is 18.6. The first kappa shape index (κ1) is 12.4. The van der Waals surface area contributed by atoms with Crippen LogP contribution in [0.15, 0.2) is 54.7 Å². The van der Waals surface area contributed by atoms with Crippen molar-refractivity contribution >= 4 is 16.6 Å². The molecular formula is C16H13FN2O. The molecule has 2 aromatic carbocycles. The normalized spacial score (nSPS) is 10.7. The van der Waals surface area contributed by atoms with Crippen LogP contribution in [0.5, 0.6) is 5.75 Å². The molecule has 1 aromatic heterocycles. The first-order chi connectivity index (χ1) is 9.74. The topological polar surface area (TPSA) is 48.1 Å². The SMILES string of the molecule is Nc1ccc(OCc2ccc(F)cc2)c2ncccc12. The van der Waals surface area contributed by atoms with E-state index in [0.29, 0.717) is 18.0 Å². The number of ether oxygens (including phenoxy) is 1. The first-order valence-corrected chi connectivity index (χ1v) is 6.24. The van der Waals surface area contributed by atoms with Crippen molar-refractivity contribution < 1.29 is 9.13 Å². The van der Waals surface area contributed by atoms with Gasteiger partial charge in [0.2, 0.25) is 0 Å². The van der Waals surface area contributed by atoms with Crippen LogP contribution in [-0.4, -0.2) is 4.98 Å². The Labute approximate surface area is 115 Å². The standard InChI is InChI=1S/C16H13FN2O/c17-12-5-3-11(4-6-12)10-20-15-8-7-14(18)13-2-1-9-19-16(13)15/h1-9H,10,18H2. The molecule has 4 heteroatoms. The van der Waals surface area contributed by atoms with Crippen LogP contribution in [0.25, 0.3) is 10.9 Å². The van der Waals surface area contributed by atoms with E-state index in [2.05, 4.69) is 4.98 Å². The van der Waals surface area contributed by atoms with Gasteiger partial charge < -0.3 is 10.5 Å². The Hall–Kier alpha value is -2.62. The molecule has 1 heterocycles. The Morgan fingerprint density at radius 1 is 1.05 bits per heavy atom. The molecule has 0 amide bonds. The lowest BCUT2D eigenvalue weighted by Gasteiger charge is -2.10. The molecule has 0 aliphatic rings. The van der Waals surface area contributed by atoms with Crippen LogP contribution in [0.4, 0.5) is 10.1 Å². The predicted molar refractivity (Wildman–Crippen MR) is 76.9 cm³/mol. The minimum absolute atomic E-state index is 0.256. The summed E-state index contributed by atoms with van der Waals surface area (Å²) in [6, 6.07) is 13.6. The van der Waals surface area contributed by atoms with Crippen molar-refractivity contribution in [1.82, 2.24) is 4.98 Å². The van der Waals surface area contributed by atoms with Gasteiger partial charge in [-0.25, -0.2) is 4.39 Å². The third kappa shape index (κ3) is 2.40. The maximum absolute atomic E-state index is 12.8. The van der Waals surface area contributed by atoms with E-state index in [4.69, 9.17) is 10.5 Å². The molecule has 0 aliphatic carbocycles. The van der Waals surface area contributed by atoms with Crippen molar-refractivity contribution in [3.05, 3.63) is 66.1 Å². The number of hydrogen-bond donors (Lipinski definition) is 1. The summed E-state index contributed by atoms with van der Waals surface area (Å²) in [6.07, 6.45) is 1.70. The molecule has 0 aliphatic heterocycles. The van der Waals surface area contributed by atoms with Gasteiger partial charge in [0.15, 0.2) is 0 Å². The number of fused-ring (bicyclic) bond motifs is 1. The van der Waals surface area contributed by atoms with Gasteiger partial charge in [-0.1, -0.05) is 12.1 Å². The summed E-state index contributed by atoms with van der Waals surface area (Å²) in [5, 5.41) is 0.865. The highest BCUT2D eigenvalue weighted by atomic mass is 19.1. The highest BCUT2D eigenvalue weighted by Crippen LogP contribution is 2.28. The van der Waals surface area contributed by atoms with Crippen LogP contribution in [0.1, 0.15) is 5.56 Å². The number of halogens is 1. The summed E-state index contributed by atoms with van der Waals surface area (Å²) in [4.78, 5) is 4.30. The minimum atomic E-state index is -0.256. The molecule has 0 atom stereocenters. The molecule has 3 aromatic rings. The summed E-state index contributed by atoms with van der Waals surface area (Å²) in [7, 11) is 0. The van der Waals surface area contributed by atoms with E-state index >= 15 is 0 Å². The number of nitrogens with two attached hydrogens (primary N) is 1. The second-order valence-electron chi connectivity index (χ2n) is 4.47. The lowest BCUT2D eigenvalue weighted by molar-refractivity contribution is 0.309. The van der Waals surface area contributed by atoms with Gasteiger partial charge >= 0.3 is 0 Å². The third-order valence-corrected chi connectivity index (χ3v) is 3.07. The second-order valence-corrected chi connectivity index (χ2v) is 4.47. The molecule has 0 radical (unpaired) electrons. The predicted octanol–water partition coefficient (Wildman–Crippen LogP) is 3.54. The highest BCUT2D eigenvalue weighted by Gasteiger charge is 2.06. The maximum atomic E-state index is 12.8. The molecule has 0 spiro atoms. The Kier molecular flexibility index (Phi) is 3.21. The fourth-order valence-corrected chi connectivity index (χ4v) is 2.03. The van der Waals surface area contributed by atoms with Gasteiger partial charge in [0.1, 0.15) is 23.7 Å². The zero-order valence-corrected chi connectivity index (χ0v) is 10.7. The van der Waals surface area contributed by atoms with Gasteiger partial charge in [-0.2, -0.15) is 0 Å². The molecular weight excluding hydrogens is 255 g/mol. The van der Waals surface area contributed by atoms with Crippen molar-refractivity contribution in [1.29, 1.82) is 0 Å². The van der Waals surface area contributed by atoms with Gasteiger partial charge in [-0.15, -0.1) is 0 Å². The van der Waals surface area contributed by atoms with E-state index < -0.39 is 0 Å². The van der Waals surface area contributed by atoms with Crippen molar-refractivity contribution in [2.75, 3.05) is 5.73 Å². The van der Waals surface area contributed by atoms with Gasteiger partial charge in [0.25, 0.3) is 0 Å². The van der Waals surface area contributed by atoms with Crippen LogP contribution >= 0.6 is 0 Å². The van der Waals surface area contributed by atoms with E-state index in [0.717, 1.165) is 16.5 Å². The molecule has 0 saturated carbocycles. The smallest absolute Gasteiger partial charge is 0.146 e. The van der Waals surface area contributed by atoms with Crippen LogP contribution < -0.4 is 10.5 Å². The summed E-state index contributed by atoms with van der Waals surface area (Å²) in [5.41, 5.74) is 8.21. The number of pyridine rings is 1. The van der Waals surface area contributed by atoms with Gasteiger partial charge in [-0.3, -0.25) is 4.98 Å². The molecule has 0 bridgehead atoms. The Balaban J connectivity index is 1.88. The third-order valence-electron chi connectivity index (χ3n) is 3.07. The highest BCUT2D eigenvalue weighted by molar-refractivity contribution is 5.94. The fourth-order valence-electron chi connectivity index (χ4n) is 2.03. The van der Waals surface area contributed by atoms with Crippen LogP contribution in [0.3, 0.4) is 0 Å². The van der Waals surface area contributed by atoms with E-state index in [1.165, 1.54) is 12.1 Å². The second kappa shape index (κ2) is 5.17. The van der Waals surface area contributed by atoms with Crippen LogP contribution in [-0.2, 0) is 6.61 Å². The van der Waals surface area contributed by atoms with Gasteiger partial charge in [-0.05, 0) is 42.0 Å². The monoisotopic (exact) mass is 268 g/mol. The van der Waals surface area contributed by atoms with Crippen LogP contribution in [0, 0.1) is 5.82 Å². The lowest BCUT2D eigenvalue weighted by atomic mass is 10.1.